The minimum absolute atomic E-state index is 0.181. The zero-order valence-corrected chi connectivity index (χ0v) is 16.9. The first-order valence-corrected chi connectivity index (χ1v) is 9.41. The lowest BCUT2D eigenvalue weighted by molar-refractivity contribution is -0.115. The summed E-state index contributed by atoms with van der Waals surface area (Å²) in [6.45, 7) is 4.79. The standard InChI is InChI=1S/C22H22N4O4/c1-4-15-5-7-16(8-6-15)20-12-21(30-26-20)25-22(29)17-9-18(23-13(2)27)11-19(10-17)24-14(3)28/h5-12H,4H2,1-3H3,(H,23,27)(H,24,28)(H,25,29). The van der Waals surface area contributed by atoms with Crippen molar-refractivity contribution >= 4 is 35.0 Å². The third-order valence-corrected chi connectivity index (χ3v) is 4.24. The molecule has 8 nitrogen and oxygen atoms in total. The van der Waals surface area contributed by atoms with Gasteiger partial charge >= 0.3 is 0 Å². The van der Waals surface area contributed by atoms with Gasteiger partial charge in [0.15, 0.2) is 0 Å². The SMILES string of the molecule is CCc1ccc(-c2cc(NC(=O)c3cc(NC(C)=O)cc(NC(C)=O)c3)on2)cc1. The fourth-order valence-electron chi connectivity index (χ4n) is 2.87. The molecule has 0 spiro atoms. The highest BCUT2D eigenvalue weighted by atomic mass is 16.5. The maximum absolute atomic E-state index is 12.7. The van der Waals surface area contributed by atoms with E-state index in [-0.39, 0.29) is 23.3 Å². The number of hydrogen-bond acceptors (Lipinski definition) is 5. The average Bonchev–Trinajstić information content (AvgIpc) is 3.15. The monoisotopic (exact) mass is 406 g/mol. The number of rotatable bonds is 6. The molecule has 3 aromatic rings. The second kappa shape index (κ2) is 9.04. The minimum atomic E-state index is -0.474. The van der Waals surface area contributed by atoms with E-state index < -0.39 is 5.91 Å². The lowest BCUT2D eigenvalue weighted by atomic mass is 10.1. The summed E-state index contributed by atoms with van der Waals surface area (Å²) in [4.78, 5) is 35.4. The van der Waals surface area contributed by atoms with Crippen molar-refractivity contribution in [3.8, 4) is 11.3 Å². The van der Waals surface area contributed by atoms with Crippen molar-refractivity contribution in [3.05, 3.63) is 59.7 Å². The second-order valence-electron chi connectivity index (χ2n) is 6.74. The predicted molar refractivity (Wildman–Crippen MR) is 114 cm³/mol. The van der Waals surface area contributed by atoms with Crippen molar-refractivity contribution in [2.45, 2.75) is 27.2 Å². The fourth-order valence-corrected chi connectivity index (χ4v) is 2.87. The molecule has 3 rings (SSSR count). The summed E-state index contributed by atoms with van der Waals surface area (Å²) in [5, 5.41) is 11.9. The number of aryl methyl sites for hydroxylation is 1. The van der Waals surface area contributed by atoms with Crippen LogP contribution in [0.5, 0.6) is 0 Å². The van der Waals surface area contributed by atoms with Gasteiger partial charge in [-0.25, -0.2) is 0 Å². The van der Waals surface area contributed by atoms with Crippen LogP contribution >= 0.6 is 0 Å². The number of hydrogen-bond donors (Lipinski definition) is 3. The molecule has 0 radical (unpaired) electrons. The van der Waals surface area contributed by atoms with Crippen LogP contribution in [0.15, 0.2) is 53.1 Å². The van der Waals surface area contributed by atoms with Gasteiger partial charge in [0.2, 0.25) is 17.7 Å². The molecule has 0 unspecified atom stereocenters. The average molecular weight is 406 g/mol. The number of benzene rings is 2. The summed E-state index contributed by atoms with van der Waals surface area (Å²) < 4.78 is 5.24. The van der Waals surface area contributed by atoms with Crippen LogP contribution in [0.4, 0.5) is 17.3 Å². The van der Waals surface area contributed by atoms with Crippen LogP contribution in [-0.4, -0.2) is 22.9 Å². The molecule has 0 aliphatic rings. The maximum atomic E-state index is 12.7. The van der Waals surface area contributed by atoms with Gasteiger partial charge in [-0.1, -0.05) is 36.3 Å². The van der Waals surface area contributed by atoms with Gasteiger partial charge in [-0.2, -0.15) is 0 Å². The minimum Gasteiger partial charge on any atom is -0.338 e. The Morgan fingerprint density at radius 3 is 2.00 bits per heavy atom. The number of anilines is 3. The lowest BCUT2D eigenvalue weighted by Crippen LogP contribution is -2.14. The van der Waals surface area contributed by atoms with Crippen molar-refractivity contribution in [2.24, 2.45) is 0 Å². The zero-order chi connectivity index (χ0) is 21.7. The van der Waals surface area contributed by atoms with Crippen molar-refractivity contribution in [2.75, 3.05) is 16.0 Å². The molecule has 0 bridgehead atoms. The molecule has 2 aromatic carbocycles. The van der Waals surface area contributed by atoms with Gasteiger partial charge in [-0.15, -0.1) is 0 Å². The maximum Gasteiger partial charge on any atom is 0.258 e. The summed E-state index contributed by atoms with van der Waals surface area (Å²) in [7, 11) is 0. The van der Waals surface area contributed by atoms with Crippen LogP contribution in [-0.2, 0) is 16.0 Å². The fraction of sp³-hybridized carbons (Fsp3) is 0.182. The third-order valence-electron chi connectivity index (χ3n) is 4.24. The van der Waals surface area contributed by atoms with E-state index in [2.05, 4.69) is 28.0 Å². The molecule has 0 saturated heterocycles. The summed E-state index contributed by atoms with van der Waals surface area (Å²) in [6, 6.07) is 14.1. The van der Waals surface area contributed by atoms with E-state index in [0.717, 1.165) is 12.0 Å². The molecule has 154 valence electrons. The quantitative estimate of drug-likeness (QED) is 0.571. The molecule has 30 heavy (non-hydrogen) atoms. The Kier molecular flexibility index (Phi) is 6.26. The van der Waals surface area contributed by atoms with Gasteiger partial charge in [0.05, 0.1) is 0 Å². The summed E-state index contributed by atoms with van der Waals surface area (Å²) >= 11 is 0. The Morgan fingerprint density at radius 2 is 1.47 bits per heavy atom. The van der Waals surface area contributed by atoms with Crippen LogP contribution in [0.1, 0.15) is 36.7 Å². The van der Waals surface area contributed by atoms with Crippen molar-refractivity contribution in [1.29, 1.82) is 0 Å². The van der Waals surface area contributed by atoms with E-state index in [1.807, 2.05) is 24.3 Å². The third kappa shape index (κ3) is 5.32. The number of amides is 3. The van der Waals surface area contributed by atoms with Crippen molar-refractivity contribution < 1.29 is 18.9 Å². The van der Waals surface area contributed by atoms with Crippen LogP contribution in [0.25, 0.3) is 11.3 Å². The Morgan fingerprint density at radius 1 is 0.867 bits per heavy atom. The van der Waals surface area contributed by atoms with E-state index in [1.54, 1.807) is 12.1 Å². The molecule has 0 atom stereocenters. The van der Waals surface area contributed by atoms with Gasteiger partial charge in [0.1, 0.15) is 5.69 Å². The molecule has 8 heteroatoms. The zero-order valence-electron chi connectivity index (χ0n) is 16.9. The van der Waals surface area contributed by atoms with Crippen LogP contribution in [0.2, 0.25) is 0 Å². The molecule has 1 aromatic heterocycles. The number of carbonyl (C=O) groups is 3. The highest BCUT2D eigenvalue weighted by molar-refractivity contribution is 6.06. The Bertz CT molecular complexity index is 1050. The van der Waals surface area contributed by atoms with Crippen LogP contribution in [0, 0.1) is 0 Å². The molecule has 0 fully saturated rings. The molecule has 0 aliphatic heterocycles. The molecule has 0 aliphatic carbocycles. The highest BCUT2D eigenvalue weighted by Crippen LogP contribution is 2.24. The largest absolute Gasteiger partial charge is 0.338 e. The van der Waals surface area contributed by atoms with E-state index in [4.69, 9.17) is 4.52 Å². The lowest BCUT2D eigenvalue weighted by Gasteiger charge is -2.10. The van der Waals surface area contributed by atoms with Crippen molar-refractivity contribution in [1.82, 2.24) is 5.16 Å². The normalized spacial score (nSPS) is 10.4. The molecule has 1 heterocycles. The Hall–Kier alpha value is -3.94. The predicted octanol–water partition coefficient (Wildman–Crippen LogP) is 4.07. The number of nitrogens with zero attached hydrogens (tertiary/aromatic N) is 1. The second-order valence-corrected chi connectivity index (χ2v) is 6.74. The summed E-state index contributed by atoms with van der Waals surface area (Å²) in [5.74, 6) is -0.885. The van der Waals surface area contributed by atoms with E-state index in [0.29, 0.717) is 17.1 Å². The molecular formula is C22H22N4O4. The molecular weight excluding hydrogens is 384 g/mol. The van der Waals surface area contributed by atoms with Gasteiger partial charge in [-0.05, 0) is 30.2 Å². The Balaban J connectivity index is 1.80. The van der Waals surface area contributed by atoms with Crippen molar-refractivity contribution in [3.63, 3.8) is 0 Å². The first-order chi connectivity index (χ1) is 14.3. The molecule has 3 amide bonds. The first-order valence-electron chi connectivity index (χ1n) is 9.41. The van der Waals surface area contributed by atoms with E-state index in [9.17, 15) is 14.4 Å². The summed E-state index contributed by atoms with van der Waals surface area (Å²) in [6.07, 6.45) is 0.943. The highest BCUT2D eigenvalue weighted by Gasteiger charge is 2.14. The Labute approximate surface area is 173 Å². The van der Waals surface area contributed by atoms with Gasteiger partial charge < -0.3 is 15.2 Å². The number of carbonyl (C=O) groups excluding carboxylic acids is 3. The number of aromatic nitrogens is 1. The molecule has 3 N–H and O–H groups in total. The van der Waals surface area contributed by atoms with Crippen LogP contribution < -0.4 is 16.0 Å². The molecule has 0 saturated carbocycles. The van der Waals surface area contributed by atoms with Gasteiger partial charge in [0, 0.05) is 42.4 Å². The van der Waals surface area contributed by atoms with Gasteiger partial charge in [-0.3, -0.25) is 19.7 Å². The number of nitrogens with one attached hydrogen (secondary N) is 3. The smallest absolute Gasteiger partial charge is 0.258 e. The topological polar surface area (TPSA) is 113 Å². The van der Waals surface area contributed by atoms with E-state index in [1.165, 1.54) is 31.5 Å². The van der Waals surface area contributed by atoms with E-state index >= 15 is 0 Å². The first kappa shape index (κ1) is 20.8. The van der Waals surface area contributed by atoms with Crippen LogP contribution in [0.3, 0.4) is 0 Å². The van der Waals surface area contributed by atoms with Gasteiger partial charge in [0.25, 0.3) is 5.91 Å². The summed E-state index contributed by atoms with van der Waals surface area (Å²) in [5.41, 5.74) is 3.68.